The third-order valence-electron chi connectivity index (χ3n) is 11.7. The van der Waals surface area contributed by atoms with Crippen LogP contribution in [0, 0.1) is 0 Å². The molecule has 0 aromatic heterocycles. The van der Waals surface area contributed by atoms with Crippen molar-refractivity contribution < 1.29 is 13.6 Å². The molecule has 0 saturated carbocycles. The van der Waals surface area contributed by atoms with Crippen molar-refractivity contribution in [2.45, 2.75) is 209 Å². The van der Waals surface area contributed by atoms with Gasteiger partial charge in [-0.3, -0.25) is 0 Å². The summed E-state index contributed by atoms with van der Waals surface area (Å²) in [6, 6.07) is 27.2. The Kier molecular flexibility index (Phi) is 13.3. The summed E-state index contributed by atoms with van der Waals surface area (Å²) >= 11 is 0. The van der Waals surface area contributed by atoms with E-state index in [0.717, 1.165) is 44.8 Å². The quantitative estimate of drug-likeness (QED) is 0.174. The van der Waals surface area contributed by atoms with E-state index in [1.165, 1.54) is 22.3 Å². The van der Waals surface area contributed by atoms with E-state index in [4.69, 9.17) is 13.6 Å². The number of benzene rings is 4. The van der Waals surface area contributed by atoms with Crippen LogP contribution < -0.4 is 18.9 Å². The maximum atomic E-state index is 7.91. The minimum atomic E-state index is -4.15. The van der Waals surface area contributed by atoms with Crippen LogP contribution >= 0.6 is 7.94 Å². The van der Waals surface area contributed by atoms with Crippen LogP contribution in [0.25, 0.3) is 0 Å². The normalized spacial score (nSPS) is 14.3. The molecule has 4 heteroatoms. The first kappa shape index (κ1) is 49.4. The number of hydrogen-bond acceptors (Lipinski definition) is 3. The predicted molar refractivity (Wildman–Crippen MR) is 265 cm³/mol. The van der Waals surface area contributed by atoms with Crippen molar-refractivity contribution in [1.29, 1.82) is 0 Å². The van der Waals surface area contributed by atoms with Gasteiger partial charge in [0.2, 0.25) is 0 Å². The Bertz CT molecular complexity index is 1960. The zero-order valence-electron chi connectivity index (χ0n) is 42.7. The third kappa shape index (κ3) is 11.4. The molecule has 0 radical (unpaired) electrons. The summed E-state index contributed by atoms with van der Waals surface area (Å²) in [5.74, 6) is 2.36. The summed E-state index contributed by atoms with van der Waals surface area (Å²) in [4.78, 5) is 0. The van der Waals surface area contributed by atoms with Crippen LogP contribution in [0.15, 0.2) is 72.8 Å². The molecule has 0 bridgehead atoms. The molecule has 4 aromatic carbocycles. The summed E-state index contributed by atoms with van der Waals surface area (Å²) < 4.78 is 23.7. The first-order valence-electron chi connectivity index (χ1n) is 22.4. The second-order valence-electron chi connectivity index (χ2n) is 25.8. The molecule has 60 heavy (non-hydrogen) atoms. The number of hydrogen-bond donors (Lipinski definition) is 0. The van der Waals surface area contributed by atoms with E-state index in [0.29, 0.717) is 0 Å². The van der Waals surface area contributed by atoms with Crippen molar-refractivity contribution in [1.82, 2.24) is 0 Å². The Hall–Kier alpha value is -3.29. The molecule has 4 rings (SSSR count). The predicted octanol–water partition coefficient (Wildman–Crippen LogP) is 16.4. The van der Waals surface area contributed by atoms with Gasteiger partial charge >= 0.3 is 371 Å². The molecule has 0 aliphatic carbocycles. The molecule has 4 aromatic rings. The fourth-order valence-electron chi connectivity index (χ4n) is 7.57. The van der Waals surface area contributed by atoms with Gasteiger partial charge in [0.05, 0.1) is 0 Å². The van der Waals surface area contributed by atoms with E-state index in [1.807, 2.05) is 0 Å². The van der Waals surface area contributed by atoms with Crippen molar-refractivity contribution in [3.8, 4) is 17.2 Å². The van der Waals surface area contributed by atoms with E-state index in [9.17, 15) is 0 Å². The Morgan fingerprint density at radius 2 is 0.483 bits per heavy atom. The fourth-order valence-corrected chi connectivity index (χ4v) is 10.5. The van der Waals surface area contributed by atoms with Crippen LogP contribution in [0.2, 0.25) is 0 Å². The van der Waals surface area contributed by atoms with E-state index in [-0.39, 0.29) is 43.3 Å². The zero-order valence-corrected chi connectivity index (χ0v) is 43.7. The van der Waals surface area contributed by atoms with Gasteiger partial charge in [-0.25, -0.2) is 0 Å². The standard InChI is InChI=1S/C56H85O3P/c1-49(2,3)37-25-29-45(41(33-37)53(13,14)15)57-60(48-32-28-40(52(10,11)12)36-44(48)56(22,23)24,58-46-30-26-38(50(4,5)6)34-42(46)54(16,17)18)59-47-31-27-39(51(7,8)9)35-43(47)55(19,20)21/h25-36,60H,1-24H3. The van der Waals surface area contributed by atoms with Crippen molar-refractivity contribution in [3.05, 3.63) is 117 Å². The van der Waals surface area contributed by atoms with Gasteiger partial charge in [-0.2, -0.15) is 0 Å². The second-order valence-corrected chi connectivity index (χ2v) is 28.0. The van der Waals surface area contributed by atoms with Crippen molar-refractivity contribution in [2.24, 2.45) is 0 Å². The van der Waals surface area contributed by atoms with Crippen molar-refractivity contribution in [3.63, 3.8) is 0 Å². The van der Waals surface area contributed by atoms with Crippen LogP contribution in [0.3, 0.4) is 0 Å². The Morgan fingerprint density at radius 1 is 0.267 bits per heavy atom. The molecule has 332 valence electrons. The molecule has 0 aliphatic rings. The van der Waals surface area contributed by atoms with Gasteiger partial charge in [0, 0.05) is 0 Å². The van der Waals surface area contributed by atoms with Crippen LogP contribution in [-0.4, -0.2) is 0 Å². The molecule has 0 unspecified atom stereocenters. The SMILES string of the molecule is CC(C)(C)c1ccc(O[PH](Oc2ccc(C(C)(C)C)cc2C(C)(C)C)(Oc2ccc(C(C)(C)C)cc2C(C)(C)C)c2ccc(C(C)(C)C)cc2C(C)(C)C)c(C(C)(C)C)c1. The van der Waals surface area contributed by atoms with E-state index < -0.39 is 7.94 Å². The zero-order chi connectivity index (χ0) is 46.0. The van der Waals surface area contributed by atoms with Crippen LogP contribution in [0.1, 0.15) is 211 Å². The average Bonchev–Trinajstić information content (AvgIpc) is 3.04. The summed E-state index contributed by atoms with van der Waals surface area (Å²) in [5.41, 5.74) is 8.38. The molecular formula is C56H85O3P. The first-order valence-corrected chi connectivity index (χ1v) is 24.2. The third-order valence-corrected chi connectivity index (χ3v) is 14.3. The van der Waals surface area contributed by atoms with Gasteiger partial charge in [0.25, 0.3) is 0 Å². The first-order chi connectivity index (χ1) is 26.7. The number of rotatable bonds is 7. The molecule has 0 amide bonds. The second kappa shape index (κ2) is 16.1. The topological polar surface area (TPSA) is 27.7 Å². The van der Waals surface area contributed by atoms with Gasteiger partial charge in [-0.05, 0) is 0 Å². The molecule has 3 nitrogen and oxygen atoms in total. The molecular weight excluding hydrogens is 752 g/mol. The van der Waals surface area contributed by atoms with Crippen LogP contribution in [0.4, 0.5) is 0 Å². The summed E-state index contributed by atoms with van der Waals surface area (Å²) in [6.45, 7) is 54.7. The Labute approximate surface area is 369 Å². The van der Waals surface area contributed by atoms with Gasteiger partial charge < -0.3 is 0 Å². The molecule has 0 aliphatic heterocycles. The molecule has 0 N–H and O–H groups in total. The fraction of sp³-hybridized carbons (Fsp3) is 0.571. The van der Waals surface area contributed by atoms with Gasteiger partial charge in [-0.1, -0.05) is 0 Å². The van der Waals surface area contributed by atoms with Gasteiger partial charge in [-0.15, -0.1) is 0 Å². The Balaban J connectivity index is 2.32. The molecule has 0 atom stereocenters. The molecule has 0 saturated heterocycles. The van der Waals surface area contributed by atoms with E-state index >= 15 is 0 Å². The van der Waals surface area contributed by atoms with Gasteiger partial charge in [0.15, 0.2) is 0 Å². The van der Waals surface area contributed by atoms with Crippen molar-refractivity contribution in [2.75, 3.05) is 0 Å². The van der Waals surface area contributed by atoms with Crippen molar-refractivity contribution >= 4 is 13.2 Å². The van der Waals surface area contributed by atoms with E-state index in [2.05, 4.69) is 239 Å². The van der Waals surface area contributed by atoms with Crippen LogP contribution in [-0.2, 0) is 43.3 Å². The van der Waals surface area contributed by atoms with Crippen LogP contribution in [0.5, 0.6) is 17.2 Å². The monoisotopic (exact) mass is 837 g/mol. The Morgan fingerprint density at radius 3 is 0.700 bits per heavy atom. The molecule has 0 fully saturated rings. The van der Waals surface area contributed by atoms with E-state index in [1.54, 1.807) is 0 Å². The average molecular weight is 837 g/mol. The summed E-state index contributed by atoms with van der Waals surface area (Å²) in [5, 5.41) is 0.974. The summed E-state index contributed by atoms with van der Waals surface area (Å²) in [6.07, 6.45) is 0. The molecule has 0 heterocycles. The molecule has 0 spiro atoms. The minimum absolute atomic E-state index is 0.0466. The summed E-state index contributed by atoms with van der Waals surface area (Å²) in [7, 11) is -4.15. The maximum absolute atomic E-state index is 7.91. The van der Waals surface area contributed by atoms with Gasteiger partial charge in [0.1, 0.15) is 0 Å².